The molecule has 2 aliphatic rings. The first kappa shape index (κ1) is 13.7. The van der Waals surface area contributed by atoms with E-state index in [0.717, 1.165) is 11.9 Å². The van der Waals surface area contributed by atoms with Gasteiger partial charge >= 0.3 is 0 Å². The van der Waals surface area contributed by atoms with Gasteiger partial charge in [0.05, 0.1) is 0 Å². The van der Waals surface area contributed by atoms with E-state index in [1.807, 2.05) is 0 Å². The molecule has 0 unspecified atom stereocenters. The number of fused-ring (bicyclic) bond motifs is 1. The minimum Gasteiger partial charge on any atom is -0.454 e. The minimum absolute atomic E-state index is 0.0458. The lowest BCUT2D eigenvalue weighted by molar-refractivity contribution is 0.0935. The molecule has 0 saturated heterocycles. The number of halogens is 1. The normalized spacial score (nSPS) is 19.1. The maximum Gasteiger partial charge on any atom is 0.251 e. The molecule has 108 valence electrons. The molecule has 1 heterocycles. The van der Waals surface area contributed by atoms with Crippen molar-refractivity contribution in [1.29, 1.82) is 0 Å². The smallest absolute Gasteiger partial charge is 0.251 e. The number of hydrogen-bond acceptors (Lipinski definition) is 3. The van der Waals surface area contributed by atoms with Crippen molar-refractivity contribution in [2.45, 2.75) is 25.7 Å². The topological polar surface area (TPSA) is 47.6 Å². The Morgan fingerprint density at radius 1 is 1.25 bits per heavy atom. The highest BCUT2D eigenvalue weighted by Gasteiger charge is 2.33. The van der Waals surface area contributed by atoms with E-state index in [-0.39, 0.29) is 18.1 Å². The SMILES string of the molecule is O=C(NCC1(CBr)CCCC1)c1ccc2c(c1)OCO2. The van der Waals surface area contributed by atoms with Crippen molar-refractivity contribution in [3.05, 3.63) is 23.8 Å². The van der Waals surface area contributed by atoms with Crippen LogP contribution in [0.2, 0.25) is 0 Å². The fourth-order valence-electron chi connectivity index (χ4n) is 2.89. The third-order valence-electron chi connectivity index (χ3n) is 4.21. The van der Waals surface area contributed by atoms with Crippen LogP contribution in [0.15, 0.2) is 18.2 Å². The van der Waals surface area contributed by atoms with Crippen molar-refractivity contribution in [2.24, 2.45) is 5.41 Å². The van der Waals surface area contributed by atoms with Crippen LogP contribution in [-0.2, 0) is 0 Å². The number of hydrogen-bond donors (Lipinski definition) is 1. The Kier molecular flexibility index (Phi) is 3.87. The first-order chi connectivity index (χ1) is 9.72. The van der Waals surface area contributed by atoms with Crippen molar-refractivity contribution in [3.63, 3.8) is 0 Å². The van der Waals surface area contributed by atoms with Crippen molar-refractivity contribution in [2.75, 3.05) is 18.7 Å². The molecule has 0 aromatic heterocycles. The Balaban J connectivity index is 1.64. The van der Waals surface area contributed by atoms with E-state index in [1.54, 1.807) is 18.2 Å². The predicted molar refractivity (Wildman–Crippen MR) is 79.6 cm³/mol. The summed E-state index contributed by atoms with van der Waals surface area (Å²) in [6, 6.07) is 5.30. The number of carbonyl (C=O) groups is 1. The number of carbonyl (C=O) groups excluding carboxylic acids is 1. The molecule has 0 bridgehead atoms. The fraction of sp³-hybridized carbons (Fsp3) is 0.533. The van der Waals surface area contributed by atoms with E-state index in [9.17, 15) is 4.79 Å². The lowest BCUT2D eigenvalue weighted by Gasteiger charge is -2.26. The Labute approximate surface area is 127 Å². The first-order valence-electron chi connectivity index (χ1n) is 6.96. The van der Waals surface area contributed by atoms with Crippen LogP contribution in [0.3, 0.4) is 0 Å². The molecule has 0 spiro atoms. The van der Waals surface area contributed by atoms with Gasteiger partial charge in [-0.1, -0.05) is 28.8 Å². The van der Waals surface area contributed by atoms with Crippen LogP contribution in [-0.4, -0.2) is 24.6 Å². The van der Waals surface area contributed by atoms with E-state index >= 15 is 0 Å². The largest absolute Gasteiger partial charge is 0.454 e. The molecule has 3 rings (SSSR count). The third-order valence-corrected chi connectivity index (χ3v) is 5.40. The van der Waals surface area contributed by atoms with Gasteiger partial charge in [-0.15, -0.1) is 0 Å². The molecule has 1 fully saturated rings. The minimum atomic E-state index is -0.0458. The van der Waals surface area contributed by atoms with Gasteiger partial charge in [-0.05, 0) is 36.5 Å². The summed E-state index contributed by atoms with van der Waals surface area (Å²) in [7, 11) is 0. The van der Waals surface area contributed by atoms with Crippen molar-refractivity contribution >= 4 is 21.8 Å². The van der Waals surface area contributed by atoms with Gasteiger partial charge in [0.15, 0.2) is 11.5 Å². The van der Waals surface area contributed by atoms with Crippen LogP contribution < -0.4 is 14.8 Å². The Hall–Kier alpha value is -1.23. The summed E-state index contributed by atoms with van der Waals surface area (Å²) >= 11 is 3.59. The molecule has 20 heavy (non-hydrogen) atoms. The van der Waals surface area contributed by atoms with E-state index in [1.165, 1.54) is 25.7 Å². The number of alkyl halides is 1. The average Bonchev–Trinajstić information content (AvgIpc) is 3.13. The van der Waals surface area contributed by atoms with E-state index in [4.69, 9.17) is 9.47 Å². The fourth-order valence-corrected chi connectivity index (χ4v) is 3.65. The quantitative estimate of drug-likeness (QED) is 0.857. The highest BCUT2D eigenvalue weighted by molar-refractivity contribution is 9.09. The lowest BCUT2D eigenvalue weighted by atomic mass is 9.89. The summed E-state index contributed by atoms with van der Waals surface area (Å²) in [6.45, 7) is 0.957. The Morgan fingerprint density at radius 3 is 2.75 bits per heavy atom. The molecule has 1 aromatic carbocycles. The van der Waals surface area contributed by atoms with E-state index in [2.05, 4.69) is 21.2 Å². The molecule has 1 aliphatic heterocycles. The molecule has 0 atom stereocenters. The van der Waals surface area contributed by atoms with Gasteiger partial charge in [-0.2, -0.15) is 0 Å². The predicted octanol–water partition coefficient (Wildman–Crippen LogP) is 3.10. The summed E-state index contributed by atoms with van der Waals surface area (Å²) in [6.07, 6.45) is 4.87. The van der Waals surface area contributed by atoms with Crippen LogP contribution in [0.25, 0.3) is 0 Å². The number of rotatable bonds is 4. The van der Waals surface area contributed by atoms with Gasteiger partial charge in [-0.3, -0.25) is 4.79 Å². The molecule has 1 amide bonds. The molecule has 0 radical (unpaired) electrons. The maximum absolute atomic E-state index is 12.2. The van der Waals surface area contributed by atoms with Crippen LogP contribution in [0.5, 0.6) is 11.5 Å². The molecular weight excluding hydrogens is 322 g/mol. The Morgan fingerprint density at radius 2 is 2.00 bits per heavy atom. The van der Waals surface area contributed by atoms with Gasteiger partial charge in [0.25, 0.3) is 5.91 Å². The van der Waals surface area contributed by atoms with Crippen LogP contribution >= 0.6 is 15.9 Å². The van der Waals surface area contributed by atoms with Crippen molar-refractivity contribution in [1.82, 2.24) is 5.32 Å². The van der Waals surface area contributed by atoms with E-state index < -0.39 is 0 Å². The van der Waals surface area contributed by atoms with Gasteiger partial charge in [-0.25, -0.2) is 0 Å². The van der Waals surface area contributed by atoms with Crippen molar-refractivity contribution < 1.29 is 14.3 Å². The van der Waals surface area contributed by atoms with Crippen molar-refractivity contribution in [3.8, 4) is 11.5 Å². The average molecular weight is 340 g/mol. The van der Waals surface area contributed by atoms with Crippen LogP contribution in [0.1, 0.15) is 36.0 Å². The number of ether oxygens (including phenoxy) is 2. The van der Waals surface area contributed by atoms with E-state index in [0.29, 0.717) is 17.1 Å². The monoisotopic (exact) mass is 339 g/mol. The van der Waals surface area contributed by atoms with Gasteiger partial charge in [0.2, 0.25) is 6.79 Å². The number of amides is 1. The summed E-state index contributed by atoms with van der Waals surface area (Å²) in [5.74, 6) is 1.30. The second-order valence-electron chi connectivity index (χ2n) is 5.59. The summed E-state index contributed by atoms with van der Waals surface area (Å²) in [5, 5.41) is 4.00. The molecule has 4 nitrogen and oxygen atoms in total. The molecule has 1 N–H and O–H groups in total. The second-order valence-corrected chi connectivity index (χ2v) is 6.15. The molecule has 1 saturated carbocycles. The molecular formula is C15H18BrNO3. The Bertz CT molecular complexity index is 512. The lowest BCUT2D eigenvalue weighted by Crippen LogP contribution is -2.37. The van der Waals surface area contributed by atoms with Crippen LogP contribution in [0, 0.1) is 5.41 Å². The molecule has 5 heteroatoms. The zero-order valence-electron chi connectivity index (χ0n) is 11.3. The summed E-state index contributed by atoms with van der Waals surface area (Å²) < 4.78 is 10.5. The first-order valence-corrected chi connectivity index (χ1v) is 8.08. The third kappa shape index (κ3) is 2.64. The molecule has 1 aliphatic carbocycles. The van der Waals surface area contributed by atoms with Gasteiger partial charge in [0, 0.05) is 17.4 Å². The highest BCUT2D eigenvalue weighted by Crippen LogP contribution is 2.39. The van der Waals surface area contributed by atoms with Crippen LogP contribution in [0.4, 0.5) is 0 Å². The second kappa shape index (κ2) is 5.64. The van der Waals surface area contributed by atoms with Gasteiger partial charge in [0.1, 0.15) is 0 Å². The maximum atomic E-state index is 12.2. The number of nitrogens with one attached hydrogen (secondary N) is 1. The molecule has 1 aromatic rings. The highest BCUT2D eigenvalue weighted by atomic mass is 79.9. The summed E-state index contributed by atoms with van der Waals surface area (Å²) in [4.78, 5) is 12.2. The van der Waals surface area contributed by atoms with Gasteiger partial charge < -0.3 is 14.8 Å². The summed E-state index contributed by atoms with van der Waals surface area (Å²) in [5.41, 5.74) is 0.850. The zero-order valence-corrected chi connectivity index (χ0v) is 12.9. The zero-order chi connectivity index (χ0) is 14.0. The number of benzene rings is 1. The standard InChI is InChI=1S/C15H18BrNO3/c16-8-15(5-1-2-6-15)9-17-14(18)11-3-4-12-13(7-11)20-10-19-12/h3-4,7H,1-2,5-6,8-10H2,(H,17,18).